The van der Waals surface area contributed by atoms with E-state index in [0.717, 1.165) is 32.5 Å². The summed E-state index contributed by atoms with van der Waals surface area (Å²) in [7, 11) is 0. The predicted octanol–water partition coefficient (Wildman–Crippen LogP) is 0.100. The third-order valence-corrected chi connectivity index (χ3v) is 2.33. The van der Waals surface area contributed by atoms with Crippen LogP contribution in [-0.2, 0) is 0 Å². The minimum absolute atomic E-state index is 0.338. The molecule has 0 aromatic carbocycles. The van der Waals surface area contributed by atoms with E-state index in [2.05, 4.69) is 10.6 Å². The van der Waals surface area contributed by atoms with Crippen LogP contribution in [0.2, 0.25) is 0 Å². The lowest BCUT2D eigenvalue weighted by Gasteiger charge is -2.10. The molecule has 3 N–H and O–H groups in total. The molecule has 3 nitrogen and oxygen atoms in total. The van der Waals surface area contributed by atoms with Crippen molar-refractivity contribution in [1.29, 1.82) is 0 Å². The van der Waals surface area contributed by atoms with E-state index in [1.54, 1.807) is 0 Å². The summed E-state index contributed by atoms with van der Waals surface area (Å²) >= 11 is 0. The molecule has 1 aliphatic heterocycles. The Balaban J connectivity index is 1.81. The molecule has 0 spiro atoms. The van der Waals surface area contributed by atoms with Gasteiger partial charge in [0.25, 0.3) is 0 Å². The van der Waals surface area contributed by atoms with Gasteiger partial charge in [0.1, 0.15) is 0 Å². The summed E-state index contributed by atoms with van der Waals surface area (Å²) in [6, 6.07) is 0.694. The fraction of sp³-hybridized carbons (Fsp3) is 1.00. The van der Waals surface area contributed by atoms with Crippen molar-refractivity contribution in [3.05, 3.63) is 0 Å². The van der Waals surface area contributed by atoms with Crippen molar-refractivity contribution in [2.24, 2.45) is 0 Å². The highest BCUT2D eigenvalue weighted by molar-refractivity contribution is 4.76. The number of aliphatic hydroxyl groups excluding tert-OH is 1. The Labute approximate surface area is 74.5 Å². The summed E-state index contributed by atoms with van der Waals surface area (Å²) in [5, 5.41) is 15.4. The van der Waals surface area contributed by atoms with E-state index in [-0.39, 0.29) is 0 Å². The molecule has 0 bridgehead atoms. The molecular formula is C9H20N2O. The molecule has 1 rings (SSSR count). The molecule has 3 heteroatoms. The lowest BCUT2D eigenvalue weighted by atomic mass is 10.2. The van der Waals surface area contributed by atoms with Crippen LogP contribution in [0.15, 0.2) is 0 Å². The second-order valence-electron chi connectivity index (χ2n) is 3.43. The average molecular weight is 172 g/mol. The van der Waals surface area contributed by atoms with Gasteiger partial charge in [-0.25, -0.2) is 0 Å². The summed E-state index contributed by atoms with van der Waals surface area (Å²) in [5.41, 5.74) is 0. The Morgan fingerprint density at radius 1 is 1.33 bits per heavy atom. The number of rotatable bonds is 6. The Kier molecular flexibility index (Phi) is 5.32. The van der Waals surface area contributed by atoms with Crippen molar-refractivity contribution in [3.8, 4) is 0 Å². The van der Waals surface area contributed by atoms with E-state index < -0.39 is 0 Å². The van der Waals surface area contributed by atoms with E-state index in [9.17, 15) is 0 Å². The topological polar surface area (TPSA) is 44.3 Å². The van der Waals surface area contributed by atoms with Gasteiger partial charge in [0.2, 0.25) is 0 Å². The molecule has 1 saturated heterocycles. The van der Waals surface area contributed by atoms with Crippen LogP contribution < -0.4 is 10.6 Å². The summed E-state index contributed by atoms with van der Waals surface area (Å²) in [4.78, 5) is 0. The smallest absolute Gasteiger partial charge is 0.0431 e. The number of hydrogen-bond acceptors (Lipinski definition) is 3. The summed E-state index contributed by atoms with van der Waals surface area (Å²) in [6.45, 7) is 3.73. The largest absolute Gasteiger partial charge is 0.396 e. The van der Waals surface area contributed by atoms with E-state index in [4.69, 9.17) is 5.11 Å². The van der Waals surface area contributed by atoms with Gasteiger partial charge in [0.05, 0.1) is 0 Å². The normalized spacial score (nSPS) is 23.2. The predicted molar refractivity (Wildman–Crippen MR) is 50.2 cm³/mol. The van der Waals surface area contributed by atoms with E-state index >= 15 is 0 Å². The van der Waals surface area contributed by atoms with Crippen LogP contribution in [-0.4, -0.2) is 37.4 Å². The van der Waals surface area contributed by atoms with Crippen LogP contribution in [0.4, 0.5) is 0 Å². The SMILES string of the molecule is OCCCCCNC1CCNC1. The number of aliphatic hydroxyl groups is 1. The molecule has 0 aromatic rings. The number of hydrogen-bond donors (Lipinski definition) is 3. The molecular weight excluding hydrogens is 152 g/mol. The van der Waals surface area contributed by atoms with Gasteiger partial charge in [-0.1, -0.05) is 0 Å². The van der Waals surface area contributed by atoms with Crippen LogP contribution in [0, 0.1) is 0 Å². The van der Waals surface area contributed by atoms with E-state index in [1.165, 1.54) is 12.8 Å². The minimum atomic E-state index is 0.338. The summed E-state index contributed by atoms with van der Waals surface area (Å²) in [6.07, 6.45) is 4.55. The van der Waals surface area contributed by atoms with Gasteiger partial charge in [-0.2, -0.15) is 0 Å². The summed E-state index contributed by atoms with van der Waals surface area (Å²) < 4.78 is 0. The van der Waals surface area contributed by atoms with Gasteiger partial charge >= 0.3 is 0 Å². The zero-order valence-corrected chi connectivity index (χ0v) is 7.68. The van der Waals surface area contributed by atoms with Crippen molar-refractivity contribution < 1.29 is 5.11 Å². The molecule has 1 aliphatic rings. The summed E-state index contributed by atoms with van der Waals surface area (Å²) in [5.74, 6) is 0. The first-order chi connectivity index (χ1) is 5.93. The van der Waals surface area contributed by atoms with Crippen LogP contribution in [0.1, 0.15) is 25.7 Å². The molecule has 12 heavy (non-hydrogen) atoms. The van der Waals surface area contributed by atoms with Crippen LogP contribution in [0.3, 0.4) is 0 Å². The lowest BCUT2D eigenvalue weighted by Crippen LogP contribution is -2.31. The van der Waals surface area contributed by atoms with Gasteiger partial charge in [0.15, 0.2) is 0 Å². The molecule has 1 heterocycles. The van der Waals surface area contributed by atoms with Gasteiger partial charge < -0.3 is 15.7 Å². The quantitative estimate of drug-likeness (QED) is 0.498. The first-order valence-electron chi connectivity index (χ1n) is 4.98. The van der Waals surface area contributed by atoms with Crippen molar-refractivity contribution >= 4 is 0 Å². The van der Waals surface area contributed by atoms with Crippen LogP contribution in [0.25, 0.3) is 0 Å². The van der Waals surface area contributed by atoms with Crippen molar-refractivity contribution in [3.63, 3.8) is 0 Å². The monoisotopic (exact) mass is 172 g/mol. The fourth-order valence-corrected chi connectivity index (χ4v) is 1.55. The van der Waals surface area contributed by atoms with Gasteiger partial charge in [-0.3, -0.25) is 0 Å². The highest BCUT2D eigenvalue weighted by Crippen LogP contribution is 1.98. The Morgan fingerprint density at radius 3 is 2.92 bits per heavy atom. The van der Waals surface area contributed by atoms with Gasteiger partial charge in [-0.05, 0) is 38.8 Å². The van der Waals surface area contributed by atoms with Crippen LogP contribution >= 0.6 is 0 Å². The standard InChI is InChI=1S/C9H20N2O/c12-7-3-1-2-5-11-9-4-6-10-8-9/h9-12H,1-8H2. The highest BCUT2D eigenvalue weighted by atomic mass is 16.2. The maximum absolute atomic E-state index is 8.55. The van der Waals surface area contributed by atoms with Gasteiger partial charge in [0, 0.05) is 19.2 Å². The Morgan fingerprint density at radius 2 is 2.25 bits per heavy atom. The maximum atomic E-state index is 8.55. The zero-order valence-electron chi connectivity index (χ0n) is 7.68. The van der Waals surface area contributed by atoms with Crippen LogP contribution in [0.5, 0.6) is 0 Å². The molecule has 1 fully saturated rings. The molecule has 0 aliphatic carbocycles. The number of nitrogens with one attached hydrogen (secondary N) is 2. The third-order valence-electron chi connectivity index (χ3n) is 2.33. The lowest BCUT2D eigenvalue weighted by molar-refractivity contribution is 0.282. The molecule has 0 amide bonds. The Bertz CT molecular complexity index is 103. The van der Waals surface area contributed by atoms with Gasteiger partial charge in [-0.15, -0.1) is 0 Å². The second kappa shape index (κ2) is 6.40. The Hall–Kier alpha value is -0.120. The van der Waals surface area contributed by atoms with E-state index in [0.29, 0.717) is 12.6 Å². The minimum Gasteiger partial charge on any atom is -0.396 e. The molecule has 0 aromatic heterocycles. The van der Waals surface area contributed by atoms with Crippen molar-refractivity contribution in [2.45, 2.75) is 31.7 Å². The molecule has 1 unspecified atom stereocenters. The zero-order chi connectivity index (χ0) is 8.65. The molecule has 0 saturated carbocycles. The second-order valence-corrected chi connectivity index (χ2v) is 3.43. The van der Waals surface area contributed by atoms with Crippen molar-refractivity contribution in [1.82, 2.24) is 10.6 Å². The molecule has 0 radical (unpaired) electrons. The third kappa shape index (κ3) is 4.04. The maximum Gasteiger partial charge on any atom is 0.0431 e. The fourth-order valence-electron chi connectivity index (χ4n) is 1.55. The average Bonchev–Trinajstić information content (AvgIpc) is 2.57. The van der Waals surface area contributed by atoms with E-state index in [1.807, 2.05) is 0 Å². The molecule has 72 valence electrons. The highest BCUT2D eigenvalue weighted by Gasteiger charge is 2.11. The van der Waals surface area contributed by atoms with Crippen molar-refractivity contribution in [2.75, 3.05) is 26.2 Å². The number of unbranched alkanes of at least 4 members (excludes halogenated alkanes) is 2. The first kappa shape index (κ1) is 9.96. The molecule has 1 atom stereocenters. The first-order valence-corrected chi connectivity index (χ1v) is 4.98.